The molecule has 5 heteroatoms. The molecule has 0 amide bonds. The predicted molar refractivity (Wildman–Crippen MR) is 64.9 cm³/mol. The van der Waals surface area contributed by atoms with Gasteiger partial charge in [-0.1, -0.05) is 0 Å². The Bertz CT molecular complexity index is 395. The number of halogens is 1. The summed E-state index contributed by atoms with van der Waals surface area (Å²) < 4.78 is 1.08. The van der Waals surface area contributed by atoms with Gasteiger partial charge in [0, 0.05) is 25.8 Å². The minimum absolute atomic E-state index is 0.0787. The lowest BCUT2D eigenvalue weighted by molar-refractivity contribution is 0.871. The zero-order valence-corrected chi connectivity index (χ0v) is 10.7. The molecule has 0 fully saturated rings. The summed E-state index contributed by atoms with van der Waals surface area (Å²) in [6.07, 6.45) is 0. The number of hydrogen-bond donors (Lipinski definition) is 1. The van der Waals surface area contributed by atoms with Crippen LogP contribution >= 0.6 is 38.6 Å². The smallest absolute Gasteiger partial charge is 0.115 e. The predicted octanol–water partition coefficient (Wildman–Crippen LogP) is 3.32. The molecule has 0 saturated carbocycles. The number of nitrogens with zero attached hydrogens (tertiary/aromatic N) is 1. The highest BCUT2D eigenvalue weighted by atomic mass is 79.9. The number of hydrogen-bond acceptors (Lipinski definition) is 4. The molecule has 2 aromatic rings. The zero-order valence-electron chi connectivity index (χ0n) is 7.53. The largest absolute Gasteiger partial charge is 0.318 e. The summed E-state index contributed by atoms with van der Waals surface area (Å²) in [6.45, 7) is 1.98. The van der Waals surface area contributed by atoms with Crippen molar-refractivity contribution < 1.29 is 0 Å². The minimum atomic E-state index is -0.0787. The lowest BCUT2D eigenvalue weighted by Crippen LogP contribution is -2.09. The summed E-state index contributed by atoms with van der Waals surface area (Å²) >= 11 is 6.69. The molecule has 0 saturated heterocycles. The fourth-order valence-corrected chi connectivity index (χ4v) is 3.47. The SMILES string of the molecule is Cc1csc(C(N)c2cc(Br)cs2)n1. The van der Waals surface area contributed by atoms with Crippen molar-refractivity contribution in [1.82, 2.24) is 4.98 Å². The molecule has 0 bridgehead atoms. The number of thiazole rings is 1. The Morgan fingerprint density at radius 1 is 1.43 bits per heavy atom. The lowest BCUT2D eigenvalue weighted by Gasteiger charge is -2.04. The number of aryl methyl sites for hydroxylation is 1. The molecular weight excluding hydrogens is 280 g/mol. The zero-order chi connectivity index (χ0) is 10.1. The number of thiophene rings is 1. The first kappa shape index (κ1) is 10.3. The highest BCUT2D eigenvalue weighted by Crippen LogP contribution is 2.29. The van der Waals surface area contributed by atoms with Gasteiger partial charge in [-0.25, -0.2) is 4.98 Å². The van der Waals surface area contributed by atoms with Crippen LogP contribution in [0.1, 0.15) is 21.6 Å². The molecule has 0 radical (unpaired) electrons. The molecule has 0 aromatic carbocycles. The number of nitrogens with two attached hydrogens (primary N) is 1. The molecule has 2 aromatic heterocycles. The highest BCUT2D eigenvalue weighted by molar-refractivity contribution is 9.10. The van der Waals surface area contributed by atoms with Crippen LogP contribution in [-0.2, 0) is 0 Å². The normalized spacial score (nSPS) is 13.1. The van der Waals surface area contributed by atoms with Crippen molar-refractivity contribution in [2.75, 3.05) is 0 Å². The first-order chi connectivity index (χ1) is 6.66. The average molecular weight is 289 g/mol. The molecule has 0 aliphatic heterocycles. The van der Waals surface area contributed by atoms with Crippen molar-refractivity contribution in [2.24, 2.45) is 5.73 Å². The fourth-order valence-electron chi connectivity index (χ4n) is 1.13. The van der Waals surface area contributed by atoms with E-state index < -0.39 is 0 Å². The topological polar surface area (TPSA) is 38.9 Å². The number of rotatable bonds is 2. The summed E-state index contributed by atoms with van der Waals surface area (Å²) in [4.78, 5) is 5.53. The Morgan fingerprint density at radius 3 is 2.71 bits per heavy atom. The van der Waals surface area contributed by atoms with Gasteiger partial charge in [-0.05, 0) is 28.9 Å². The molecule has 1 unspecified atom stereocenters. The van der Waals surface area contributed by atoms with Gasteiger partial charge >= 0.3 is 0 Å². The second-order valence-corrected chi connectivity index (χ2v) is 5.72. The maximum Gasteiger partial charge on any atom is 0.115 e. The monoisotopic (exact) mass is 288 g/mol. The fraction of sp³-hybridized carbons (Fsp3) is 0.222. The van der Waals surface area contributed by atoms with Crippen molar-refractivity contribution in [3.8, 4) is 0 Å². The third kappa shape index (κ3) is 2.06. The number of aromatic nitrogens is 1. The summed E-state index contributed by atoms with van der Waals surface area (Å²) in [7, 11) is 0. The van der Waals surface area contributed by atoms with Gasteiger partial charge in [0.2, 0.25) is 0 Å². The molecule has 2 N–H and O–H groups in total. The quantitative estimate of drug-likeness (QED) is 0.921. The summed E-state index contributed by atoms with van der Waals surface area (Å²) in [5.41, 5.74) is 7.12. The maximum atomic E-state index is 6.08. The molecular formula is C9H9BrN2S2. The van der Waals surface area contributed by atoms with E-state index in [1.165, 1.54) is 0 Å². The van der Waals surface area contributed by atoms with Crippen molar-refractivity contribution in [3.05, 3.63) is 36.9 Å². The van der Waals surface area contributed by atoms with Crippen molar-refractivity contribution >= 4 is 38.6 Å². The van der Waals surface area contributed by atoms with Gasteiger partial charge in [0.15, 0.2) is 0 Å². The van der Waals surface area contributed by atoms with E-state index in [9.17, 15) is 0 Å². The molecule has 2 nitrogen and oxygen atoms in total. The highest BCUT2D eigenvalue weighted by Gasteiger charge is 2.14. The maximum absolute atomic E-state index is 6.08. The van der Waals surface area contributed by atoms with Crippen molar-refractivity contribution in [2.45, 2.75) is 13.0 Å². The first-order valence-corrected chi connectivity index (χ1v) is 6.63. The van der Waals surface area contributed by atoms with E-state index in [0.717, 1.165) is 20.1 Å². The third-order valence-corrected chi connectivity index (χ3v) is 4.62. The Hall–Kier alpha value is -0.230. The molecule has 0 spiro atoms. The molecule has 2 heterocycles. The lowest BCUT2D eigenvalue weighted by atomic mass is 10.3. The van der Waals surface area contributed by atoms with Crippen LogP contribution in [-0.4, -0.2) is 4.98 Å². The molecule has 0 aliphatic rings. The second kappa shape index (κ2) is 4.10. The van der Waals surface area contributed by atoms with Gasteiger partial charge in [-0.2, -0.15) is 0 Å². The van der Waals surface area contributed by atoms with E-state index in [-0.39, 0.29) is 6.04 Å². The molecule has 74 valence electrons. The summed E-state index contributed by atoms with van der Waals surface area (Å²) in [5.74, 6) is 0. The van der Waals surface area contributed by atoms with Crippen LogP contribution < -0.4 is 5.73 Å². The van der Waals surface area contributed by atoms with E-state index in [1.807, 2.05) is 23.8 Å². The van der Waals surface area contributed by atoms with Gasteiger partial charge in [0.05, 0.1) is 6.04 Å². The van der Waals surface area contributed by atoms with Crippen LogP contribution in [0, 0.1) is 6.92 Å². The van der Waals surface area contributed by atoms with Crippen LogP contribution in [0.15, 0.2) is 21.3 Å². The first-order valence-electron chi connectivity index (χ1n) is 4.08. The van der Waals surface area contributed by atoms with Crippen molar-refractivity contribution in [1.29, 1.82) is 0 Å². The molecule has 0 aliphatic carbocycles. The van der Waals surface area contributed by atoms with Crippen LogP contribution in [0.3, 0.4) is 0 Å². The second-order valence-electron chi connectivity index (χ2n) is 2.97. The van der Waals surface area contributed by atoms with Crippen LogP contribution in [0.5, 0.6) is 0 Å². The van der Waals surface area contributed by atoms with E-state index in [0.29, 0.717) is 0 Å². The van der Waals surface area contributed by atoms with Crippen LogP contribution in [0.25, 0.3) is 0 Å². The minimum Gasteiger partial charge on any atom is -0.318 e. The van der Waals surface area contributed by atoms with E-state index >= 15 is 0 Å². The molecule has 14 heavy (non-hydrogen) atoms. The summed E-state index contributed by atoms with van der Waals surface area (Å²) in [6, 6.07) is 1.97. The van der Waals surface area contributed by atoms with E-state index in [4.69, 9.17) is 5.73 Å². The Kier molecular flexibility index (Phi) is 3.02. The van der Waals surface area contributed by atoms with Crippen LogP contribution in [0.4, 0.5) is 0 Å². The van der Waals surface area contributed by atoms with E-state index in [2.05, 4.69) is 20.9 Å². The summed E-state index contributed by atoms with van der Waals surface area (Å²) in [5, 5.41) is 5.05. The third-order valence-electron chi connectivity index (χ3n) is 1.80. The van der Waals surface area contributed by atoms with Crippen molar-refractivity contribution in [3.63, 3.8) is 0 Å². The Balaban J connectivity index is 2.28. The standard InChI is InChI=1S/C9H9BrN2S2/c1-5-3-14-9(12-5)8(11)7-2-6(10)4-13-7/h2-4,8H,11H2,1H3. The van der Waals surface area contributed by atoms with E-state index in [1.54, 1.807) is 22.7 Å². The Morgan fingerprint density at radius 2 is 2.21 bits per heavy atom. The van der Waals surface area contributed by atoms with Crippen LogP contribution in [0.2, 0.25) is 0 Å². The molecule has 2 rings (SSSR count). The molecule has 1 atom stereocenters. The van der Waals surface area contributed by atoms with Gasteiger partial charge < -0.3 is 5.73 Å². The average Bonchev–Trinajstić information content (AvgIpc) is 2.73. The van der Waals surface area contributed by atoms with Gasteiger partial charge in [0.25, 0.3) is 0 Å². The Labute approximate surface area is 98.9 Å². The van der Waals surface area contributed by atoms with Gasteiger partial charge in [-0.15, -0.1) is 22.7 Å². The van der Waals surface area contributed by atoms with Gasteiger partial charge in [-0.3, -0.25) is 0 Å². The van der Waals surface area contributed by atoms with Gasteiger partial charge in [0.1, 0.15) is 5.01 Å².